The van der Waals surface area contributed by atoms with Crippen LogP contribution in [0.15, 0.2) is 12.5 Å². The molecule has 0 radical (unpaired) electrons. The molecule has 36 heteroatoms. The van der Waals surface area contributed by atoms with E-state index in [1.165, 1.54) is 32.4 Å². The van der Waals surface area contributed by atoms with Crippen molar-refractivity contribution in [2.24, 2.45) is 5.73 Å². The second-order valence-corrected chi connectivity index (χ2v) is 21.6. The molecular formula is C34H50N9O22P3S2. The van der Waals surface area contributed by atoms with E-state index < -0.39 is 115 Å². The van der Waals surface area contributed by atoms with Crippen molar-refractivity contribution >= 4 is 103 Å². The summed E-state index contributed by atoms with van der Waals surface area (Å²) in [5, 5.41) is 47.4. The van der Waals surface area contributed by atoms with Crippen molar-refractivity contribution in [1.82, 2.24) is 35.8 Å². The predicted molar refractivity (Wildman–Crippen MR) is 241 cm³/mol. The number of nitrogen functional groups attached to an aromatic ring is 1. The first kappa shape index (κ1) is 59.6. The Hall–Kier alpha value is -4.74. The van der Waals surface area contributed by atoms with Gasteiger partial charge < -0.3 is 82.0 Å². The topological polar surface area (TPSA) is 500 Å². The van der Waals surface area contributed by atoms with Crippen LogP contribution in [0.2, 0.25) is 0 Å². The Labute approximate surface area is 403 Å². The zero-order valence-corrected chi connectivity index (χ0v) is 40.6. The fourth-order valence-electron chi connectivity index (χ4n) is 5.92. The minimum absolute atomic E-state index is 0.0279. The number of aromatic nitrogens is 3. The molecule has 0 aliphatic carbocycles. The maximum Gasteiger partial charge on any atom is 0.490 e. The average molecular weight is 1090 g/mol. The number of carboxylic acids is 3. The normalized spacial score (nSPS) is 18.7. The molecule has 0 bridgehead atoms. The van der Waals surface area contributed by atoms with E-state index in [4.69, 9.17) is 41.3 Å². The standard InChI is InChI=1S/C34H50N9O22P3S2/c35-19(32(51)38-8-3-1-2-6-25(46)41-20(11-27(47)48)33(52)42-21(34(53)54)12-28(49)50)16-70-69-10-7-24(45)37-9-4-5-18-14-43(31-29(18)30(36)39-17-40-31)26-13-22(44)23(63-26)15-62-67(58,59)65-68(60,61)64-66(55,56)57/h14,17,19-23,26,44H,1-3,6-13,15-16,35H2,(H,37,45)(H,38,51)(H,41,46)(H,42,52)(H,47,48)(H,49,50)(H,53,54)(H,58,59)(H,60,61)(H2,36,39,40)(H2,55,56,57)/t19?,20?,21?,22?,23-,26-/m1/s1. The van der Waals surface area contributed by atoms with Gasteiger partial charge in [-0.15, -0.1) is 0 Å². The number of carbonyl (C=O) groups is 7. The highest BCUT2D eigenvalue weighted by molar-refractivity contribution is 8.76. The third kappa shape index (κ3) is 21.3. The Balaban J connectivity index is 1.35. The summed E-state index contributed by atoms with van der Waals surface area (Å²) in [6, 6.07) is -4.38. The number of carbonyl (C=O) groups excluding carboxylic acids is 4. The van der Waals surface area contributed by atoms with Crippen LogP contribution in [0.25, 0.3) is 11.0 Å². The van der Waals surface area contributed by atoms with Gasteiger partial charge in [0.05, 0.1) is 49.1 Å². The van der Waals surface area contributed by atoms with Gasteiger partial charge in [0.1, 0.15) is 42.2 Å². The first-order chi connectivity index (χ1) is 32.7. The lowest BCUT2D eigenvalue weighted by Gasteiger charge is -2.19. The van der Waals surface area contributed by atoms with Gasteiger partial charge in [0.15, 0.2) is 0 Å². The Morgan fingerprint density at radius 1 is 0.871 bits per heavy atom. The van der Waals surface area contributed by atoms with Crippen molar-refractivity contribution in [2.75, 3.05) is 36.9 Å². The van der Waals surface area contributed by atoms with Crippen molar-refractivity contribution in [3.63, 3.8) is 0 Å². The summed E-state index contributed by atoms with van der Waals surface area (Å²) in [5.41, 5.74) is 12.6. The van der Waals surface area contributed by atoms with Gasteiger partial charge in [-0.1, -0.05) is 39.8 Å². The van der Waals surface area contributed by atoms with Crippen molar-refractivity contribution in [3.8, 4) is 11.8 Å². The molecule has 4 amide bonds. The number of rotatable bonds is 30. The molecule has 2 aromatic rings. The van der Waals surface area contributed by atoms with Gasteiger partial charge in [0.25, 0.3) is 0 Å². The van der Waals surface area contributed by atoms with Gasteiger partial charge >= 0.3 is 41.4 Å². The third-order valence-corrected chi connectivity index (χ3v) is 15.3. The largest absolute Gasteiger partial charge is 0.490 e. The molecule has 8 atom stereocenters. The number of nitrogens with two attached hydrogens (primary N) is 2. The van der Waals surface area contributed by atoms with E-state index in [1.807, 2.05) is 5.32 Å². The van der Waals surface area contributed by atoms with Crippen molar-refractivity contribution in [2.45, 2.75) is 87.9 Å². The van der Waals surface area contributed by atoms with Gasteiger partial charge in [0.2, 0.25) is 23.6 Å². The number of amides is 4. The number of hydrogen-bond donors (Lipinski definition) is 14. The van der Waals surface area contributed by atoms with Gasteiger partial charge in [0, 0.05) is 43.5 Å². The SMILES string of the molecule is Nc1ncnc2c1c(C#CCNC(=O)CCSSCC(N)C(=O)NCCCCCC(=O)NC(CC(=O)O)C(=O)NC(CC(=O)O)C(=O)O)cn2[C@H]1CC(O)[C@@H](COP(=O)(O)OP(=O)(O)OP(=O)(O)O)O1. The van der Waals surface area contributed by atoms with E-state index in [-0.39, 0.29) is 61.9 Å². The van der Waals surface area contributed by atoms with Crippen LogP contribution in [-0.2, 0) is 65.1 Å². The van der Waals surface area contributed by atoms with Crippen LogP contribution in [0.5, 0.6) is 0 Å². The number of hydrogen-bond acceptors (Lipinski definition) is 21. The molecule has 0 saturated carbocycles. The Bertz CT molecular complexity index is 2440. The van der Waals surface area contributed by atoms with E-state index in [9.17, 15) is 62.2 Å². The number of aliphatic hydroxyl groups is 1. The molecule has 0 aromatic carbocycles. The van der Waals surface area contributed by atoms with Crippen molar-refractivity contribution in [3.05, 3.63) is 18.1 Å². The van der Waals surface area contributed by atoms with E-state index in [0.717, 1.165) is 6.33 Å². The number of unbranched alkanes of at least 4 members (excludes halogenated alkanes) is 2. The fourth-order valence-corrected chi connectivity index (χ4v) is 11.1. The van der Waals surface area contributed by atoms with Crippen molar-refractivity contribution < 1.29 is 105 Å². The lowest BCUT2D eigenvalue weighted by molar-refractivity contribution is -0.148. The predicted octanol–water partition coefficient (Wildman–Crippen LogP) is -1.75. The van der Waals surface area contributed by atoms with E-state index in [0.29, 0.717) is 29.5 Å². The number of aliphatic carboxylic acids is 3. The van der Waals surface area contributed by atoms with E-state index >= 15 is 0 Å². The highest BCUT2D eigenvalue weighted by Gasteiger charge is 2.43. The van der Waals surface area contributed by atoms with Crippen LogP contribution in [0.4, 0.5) is 5.82 Å². The monoisotopic (exact) mass is 1090 g/mol. The first-order valence-corrected chi connectivity index (χ1v) is 27.2. The molecule has 16 N–H and O–H groups in total. The lowest BCUT2D eigenvalue weighted by atomic mass is 10.1. The van der Waals surface area contributed by atoms with Crippen LogP contribution in [0, 0.1) is 11.8 Å². The number of phosphoric acid groups is 3. The molecule has 1 fully saturated rings. The number of fused-ring (bicyclic) bond motifs is 1. The van der Waals surface area contributed by atoms with Crippen LogP contribution in [-0.4, -0.2) is 158 Å². The van der Waals surface area contributed by atoms with Gasteiger partial charge in [-0.25, -0.2) is 28.5 Å². The minimum atomic E-state index is -5.77. The highest BCUT2D eigenvalue weighted by atomic mass is 33.1. The van der Waals surface area contributed by atoms with E-state index in [1.54, 1.807) is 0 Å². The summed E-state index contributed by atoms with van der Waals surface area (Å²) >= 11 is 0. The smallest absolute Gasteiger partial charge is 0.481 e. The summed E-state index contributed by atoms with van der Waals surface area (Å²) in [4.78, 5) is 128. The molecule has 1 saturated heterocycles. The second-order valence-electron chi connectivity index (χ2n) is 14.6. The lowest BCUT2D eigenvalue weighted by Crippen LogP contribution is -2.52. The van der Waals surface area contributed by atoms with Crippen LogP contribution < -0.4 is 32.7 Å². The molecule has 2 aromatic heterocycles. The molecule has 6 unspecified atom stereocenters. The highest BCUT2D eigenvalue weighted by Crippen LogP contribution is 2.66. The number of phosphoric ester groups is 1. The molecule has 390 valence electrons. The summed E-state index contributed by atoms with van der Waals surface area (Å²) in [6.45, 7) is -0.765. The Kier molecular flexibility index (Phi) is 23.6. The summed E-state index contributed by atoms with van der Waals surface area (Å²) < 4.78 is 53.8. The number of nitrogens with one attached hydrogen (secondary N) is 4. The average Bonchev–Trinajstić information content (AvgIpc) is 3.80. The quantitative estimate of drug-likeness (QED) is 0.0179. The Morgan fingerprint density at radius 2 is 1.56 bits per heavy atom. The number of carboxylic acid groups (broad SMARTS) is 3. The molecule has 31 nitrogen and oxygen atoms in total. The van der Waals surface area contributed by atoms with Gasteiger partial charge in [-0.05, 0) is 12.8 Å². The van der Waals surface area contributed by atoms with Crippen LogP contribution >= 0.6 is 45.1 Å². The number of aliphatic hydroxyl groups excluding tert-OH is 1. The Morgan fingerprint density at radius 3 is 2.21 bits per heavy atom. The van der Waals surface area contributed by atoms with Crippen LogP contribution in [0.1, 0.15) is 63.2 Å². The summed E-state index contributed by atoms with van der Waals surface area (Å²) in [7, 11) is -14.3. The third-order valence-electron chi connectivity index (χ3n) is 9.05. The van der Waals surface area contributed by atoms with Gasteiger partial charge in [-0.3, -0.25) is 33.3 Å². The second kappa shape index (κ2) is 27.8. The van der Waals surface area contributed by atoms with Crippen LogP contribution in [0.3, 0.4) is 0 Å². The minimum Gasteiger partial charge on any atom is -0.481 e. The molecule has 3 heterocycles. The van der Waals surface area contributed by atoms with Gasteiger partial charge in [-0.2, -0.15) is 8.62 Å². The maximum absolute atomic E-state index is 12.4. The molecule has 0 spiro atoms. The number of ether oxygens (including phenoxy) is 1. The maximum atomic E-state index is 12.4. The number of nitrogens with zero attached hydrogens (tertiary/aromatic N) is 3. The summed E-state index contributed by atoms with van der Waals surface area (Å²) in [6.07, 6.45) is -1.91. The first-order valence-electron chi connectivity index (χ1n) is 20.2. The molecule has 1 aliphatic heterocycles. The van der Waals surface area contributed by atoms with E-state index in [2.05, 4.69) is 50.9 Å². The molecule has 3 rings (SSSR count). The fraction of sp³-hybridized carbons (Fsp3) is 0.559. The zero-order chi connectivity index (χ0) is 52.4. The van der Waals surface area contributed by atoms with Crippen molar-refractivity contribution in [1.29, 1.82) is 0 Å². The molecule has 1 aliphatic rings. The molecule has 70 heavy (non-hydrogen) atoms. The zero-order valence-electron chi connectivity index (χ0n) is 36.3. The molecular weight excluding hydrogens is 1040 g/mol. The number of anilines is 1. The summed E-state index contributed by atoms with van der Waals surface area (Å²) in [5.74, 6) is -1.06.